The van der Waals surface area contributed by atoms with Crippen LogP contribution in [0.15, 0.2) is 21.8 Å². The first-order valence-corrected chi connectivity index (χ1v) is 8.33. The molecule has 0 bridgehead atoms. The second kappa shape index (κ2) is 10.0. The Morgan fingerprint density at radius 2 is 2.20 bits per heavy atom. The Bertz CT molecular complexity index is 697. The fraction of sp³-hybridized carbons (Fsp3) is 0.562. The minimum Gasteiger partial charge on any atom is -0.356 e. The maximum absolute atomic E-state index is 6.03. The lowest BCUT2D eigenvalue weighted by atomic mass is 10.2. The lowest BCUT2D eigenvalue weighted by Crippen LogP contribution is -2.39. The molecule has 0 radical (unpaired) electrons. The van der Waals surface area contributed by atoms with Crippen LogP contribution in [0, 0.1) is 0 Å². The highest BCUT2D eigenvalue weighted by Crippen LogP contribution is 2.14. The van der Waals surface area contributed by atoms with Gasteiger partial charge in [0.15, 0.2) is 11.8 Å². The molecule has 2 rings (SSSR count). The fourth-order valence-corrected chi connectivity index (χ4v) is 2.58. The van der Waals surface area contributed by atoms with Gasteiger partial charge in [0.1, 0.15) is 0 Å². The first-order valence-electron chi connectivity index (χ1n) is 7.95. The van der Waals surface area contributed by atoms with Crippen molar-refractivity contribution in [2.75, 3.05) is 20.6 Å². The minimum atomic E-state index is 0. The number of hydrogen-bond acceptors (Lipinski definition) is 4. The van der Waals surface area contributed by atoms with Gasteiger partial charge in [0, 0.05) is 51.9 Å². The van der Waals surface area contributed by atoms with E-state index in [1.54, 1.807) is 7.05 Å². The number of guanidine groups is 1. The van der Waals surface area contributed by atoms with Gasteiger partial charge in [-0.1, -0.05) is 30.6 Å². The molecular formula is C16H26ClIN6O. The maximum atomic E-state index is 6.03. The highest BCUT2D eigenvalue weighted by Gasteiger charge is 2.12. The van der Waals surface area contributed by atoms with Gasteiger partial charge in [-0.25, -0.2) is 0 Å². The number of aryl methyl sites for hydroxylation is 1. The molecule has 9 heteroatoms. The molecule has 0 fully saturated rings. The molecule has 0 aliphatic rings. The molecule has 2 aromatic rings. The molecule has 0 aliphatic heterocycles. The van der Waals surface area contributed by atoms with Gasteiger partial charge < -0.3 is 19.3 Å². The van der Waals surface area contributed by atoms with Gasteiger partial charge in [-0.05, 0) is 6.07 Å². The summed E-state index contributed by atoms with van der Waals surface area (Å²) in [5, 5.41) is 8.01. The van der Waals surface area contributed by atoms with Crippen LogP contribution < -0.4 is 5.32 Å². The zero-order chi connectivity index (χ0) is 17.7. The standard InChI is InChI=1S/C16H25ClN6O.HI/c1-11(2)15-20-14(24-21-15)6-7-19-16(18-3)23(5)10-13-8-12(17)9-22(13)4;/h8-9,11H,6-7,10H2,1-5H3,(H,18,19);1H. The van der Waals surface area contributed by atoms with Crippen LogP contribution >= 0.6 is 35.6 Å². The number of nitrogens with zero attached hydrogens (tertiary/aromatic N) is 5. The first kappa shape index (κ1) is 21.8. The van der Waals surface area contributed by atoms with E-state index in [0.717, 1.165) is 22.5 Å². The topological polar surface area (TPSA) is 71.5 Å². The molecule has 140 valence electrons. The minimum absolute atomic E-state index is 0. The third-order valence-electron chi connectivity index (χ3n) is 3.67. The van der Waals surface area contributed by atoms with E-state index in [9.17, 15) is 0 Å². The summed E-state index contributed by atoms with van der Waals surface area (Å²) in [6, 6.07) is 1.96. The quantitative estimate of drug-likeness (QED) is 0.391. The van der Waals surface area contributed by atoms with Crippen molar-refractivity contribution in [2.24, 2.45) is 12.0 Å². The van der Waals surface area contributed by atoms with Crippen LogP contribution in [0.1, 0.15) is 37.2 Å². The van der Waals surface area contributed by atoms with E-state index >= 15 is 0 Å². The van der Waals surface area contributed by atoms with Crippen LogP contribution in [-0.2, 0) is 20.0 Å². The number of aromatic nitrogens is 3. The number of aliphatic imine (C=N–C) groups is 1. The van der Waals surface area contributed by atoms with Crippen LogP contribution in [0.2, 0.25) is 5.02 Å². The van der Waals surface area contributed by atoms with Crippen molar-refractivity contribution in [2.45, 2.75) is 32.7 Å². The van der Waals surface area contributed by atoms with Crippen molar-refractivity contribution in [3.63, 3.8) is 0 Å². The van der Waals surface area contributed by atoms with E-state index in [2.05, 4.69) is 20.4 Å². The summed E-state index contributed by atoms with van der Waals surface area (Å²) in [7, 11) is 5.73. The Morgan fingerprint density at radius 3 is 2.72 bits per heavy atom. The summed E-state index contributed by atoms with van der Waals surface area (Å²) in [5.41, 5.74) is 1.11. The third-order valence-corrected chi connectivity index (χ3v) is 3.88. The van der Waals surface area contributed by atoms with Gasteiger partial charge in [-0.15, -0.1) is 24.0 Å². The Labute approximate surface area is 170 Å². The molecular weight excluding hydrogens is 455 g/mol. The van der Waals surface area contributed by atoms with Gasteiger partial charge in [0.2, 0.25) is 5.89 Å². The Hall–Kier alpha value is -1.29. The molecule has 0 unspecified atom stereocenters. The third kappa shape index (κ3) is 6.18. The van der Waals surface area contributed by atoms with E-state index in [0.29, 0.717) is 25.4 Å². The molecule has 0 aromatic carbocycles. The van der Waals surface area contributed by atoms with Gasteiger partial charge in [0.25, 0.3) is 0 Å². The summed E-state index contributed by atoms with van der Waals surface area (Å²) in [4.78, 5) is 10.7. The van der Waals surface area contributed by atoms with E-state index in [4.69, 9.17) is 16.1 Å². The molecule has 7 nitrogen and oxygen atoms in total. The van der Waals surface area contributed by atoms with Crippen molar-refractivity contribution >= 4 is 41.5 Å². The smallest absolute Gasteiger partial charge is 0.228 e. The average molecular weight is 481 g/mol. The molecule has 1 N–H and O–H groups in total. The summed E-state index contributed by atoms with van der Waals surface area (Å²) in [6.45, 7) is 5.46. The Morgan fingerprint density at radius 1 is 1.48 bits per heavy atom. The molecule has 0 atom stereocenters. The highest BCUT2D eigenvalue weighted by atomic mass is 127. The molecule has 2 aromatic heterocycles. The number of halogens is 2. The van der Waals surface area contributed by atoms with Crippen LogP contribution in [-0.4, -0.2) is 46.2 Å². The monoisotopic (exact) mass is 480 g/mol. The summed E-state index contributed by atoms with van der Waals surface area (Å²) < 4.78 is 7.26. The van der Waals surface area contributed by atoms with Crippen LogP contribution in [0.5, 0.6) is 0 Å². The van der Waals surface area contributed by atoms with Crippen molar-refractivity contribution in [3.8, 4) is 0 Å². The van der Waals surface area contributed by atoms with Crippen molar-refractivity contribution in [1.29, 1.82) is 0 Å². The molecule has 0 saturated carbocycles. The summed E-state index contributed by atoms with van der Waals surface area (Å²) in [5.74, 6) is 2.45. The van der Waals surface area contributed by atoms with Crippen molar-refractivity contribution < 1.29 is 4.52 Å². The molecule has 2 heterocycles. The second-order valence-corrected chi connectivity index (χ2v) is 6.48. The van der Waals surface area contributed by atoms with Crippen molar-refractivity contribution in [3.05, 3.63) is 34.7 Å². The Balaban J connectivity index is 0.00000312. The van der Waals surface area contributed by atoms with Gasteiger partial charge in [-0.3, -0.25) is 4.99 Å². The predicted octanol–water partition coefficient (Wildman–Crippen LogP) is 3.05. The maximum Gasteiger partial charge on any atom is 0.228 e. The van der Waals surface area contributed by atoms with Gasteiger partial charge in [-0.2, -0.15) is 4.98 Å². The van der Waals surface area contributed by atoms with Crippen LogP contribution in [0.4, 0.5) is 0 Å². The Kier molecular flexibility index (Phi) is 8.70. The number of hydrogen-bond donors (Lipinski definition) is 1. The normalized spacial score (nSPS) is 11.6. The lowest BCUT2D eigenvalue weighted by Gasteiger charge is -2.22. The molecule has 0 amide bonds. The molecule has 0 spiro atoms. The van der Waals surface area contributed by atoms with Gasteiger partial charge >= 0.3 is 0 Å². The number of rotatable bonds is 6. The van der Waals surface area contributed by atoms with Crippen LogP contribution in [0.25, 0.3) is 0 Å². The SMILES string of the molecule is CN=C(NCCc1nc(C(C)C)no1)N(C)Cc1cc(Cl)cn1C.I. The number of nitrogens with one attached hydrogen (secondary N) is 1. The lowest BCUT2D eigenvalue weighted by molar-refractivity contribution is 0.370. The van der Waals surface area contributed by atoms with E-state index in [-0.39, 0.29) is 29.9 Å². The highest BCUT2D eigenvalue weighted by molar-refractivity contribution is 14.0. The summed E-state index contributed by atoms with van der Waals surface area (Å²) in [6.07, 6.45) is 2.55. The van der Waals surface area contributed by atoms with Gasteiger partial charge in [0.05, 0.1) is 11.6 Å². The zero-order valence-corrected chi connectivity index (χ0v) is 18.4. The molecule has 0 saturated heterocycles. The average Bonchev–Trinajstić information content (AvgIpc) is 3.10. The van der Waals surface area contributed by atoms with E-state index < -0.39 is 0 Å². The molecule has 25 heavy (non-hydrogen) atoms. The van der Waals surface area contributed by atoms with Crippen LogP contribution in [0.3, 0.4) is 0 Å². The second-order valence-electron chi connectivity index (χ2n) is 6.04. The van der Waals surface area contributed by atoms with Crippen molar-refractivity contribution in [1.82, 2.24) is 24.9 Å². The predicted molar refractivity (Wildman–Crippen MR) is 111 cm³/mol. The largest absolute Gasteiger partial charge is 0.356 e. The zero-order valence-electron chi connectivity index (χ0n) is 15.3. The first-order chi connectivity index (χ1) is 11.4. The summed E-state index contributed by atoms with van der Waals surface area (Å²) >= 11 is 6.03. The fourth-order valence-electron chi connectivity index (χ4n) is 2.31. The van der Waals surface area contributed by atoms with E-state index in [1.807, 2.05) is 49.7 Å². The molecule has 0 aliphatic carbocycles. The van der Waals surface area contributed by atoms with E-state index in [1.165, 1.54) is 0 Å².